The van der Waals surface area contributed by atoms with E-state index in [1.165, 1.54) is 0 Å². The monoisotopic (exact) mass is 249 g/mol. The molecule has 100 valence electrons. The Balaban J connectivity index is 2.42. The topological polar surface area (TPSA) is 38.3 Å². The Bertz CT molecular complexity index is 368. The summed E-state index contributed by atoms with van der Waals surface area (Å²) < 4.78 is 5.21. The van der Waals surface area contributed by atoms with Gasteiger partial charge in [-0.05, 0) is 17.4 Å². The Labute approximate surface area is 110 Å². The van der Waals surface area contributed by atoms with E-state index in [2.05, 4.69) is 33.0 Å². The number of ether oxygens (including phenoxy) is 1. The van der Waals surface area contributed by atoms with Crippen LogP contribution in [0.2, 0.25) is 0 Å². The molecule has 1 unspecified atom stereocenters. The molecule has 1 atom stereocenters. The molecule has 0 aliphatic heterocycles. The van der Waals surface area contributed by atoms with Crippen molar-refractivity contribution < 1.29 is 9.53 Å². The van der Waals surface area contributed by atoms with Gasteiger partial charge in [-0.15, -0.1) is 0 Å². The first kappa shape index (κ1) is 14.6. The summed E-state index contributed by atoms with van der Waals surface area (Å²) in [6.07, 6.45) is 0.546. The van der Waals surface area contributed by atoms with Gasteiger partial charge >= 0.3 is 6.09 Å². The van der Waals surface area contributed by atoms with Crippen molar-refractivity contribution in [1.29, 1.82) is 0 Å². The molecular formula is C15H23NO2. The van der Waals surface area contributed by atoms with Gasteiger partial charge in [-0.2, -0.15) is 0 Å². The molecule has 1 aromatic rings. The van der Waals surface area contributed by atoms with Gasteiger partial charge in [0.2, 0.25) is 0 Å². The van der Waals surface area contributed by atoms with E-state index in [9.17, 15) is 4.79 Å². The fourth-order valence-electron chi connectivity index (χ4n) is 1.84. The number of carbonyl (C=O) groups excluding carboxylic acids is 1. The summed E-state index contributed by atoms with van der Waals surface area (Å²) >= 11 is 0. The third-order valence-electron chi connectivity index (χ3n) is 2.96. The average molecular weight is 249 g/mol. The Kier molecular flexibility index (Phi) is 5.20. The van der Waals surface area contributed by atoms with Crippen molar-refractivity contribution in [2.45, 2.75) is 46.8 Å². The largest absolute Gasteiger partial charge is 0.445 e. The number of nitrogens with one attached hydrogen (secondary N) is 1. The van der Waals surface area contributed by atoms with Gasteiger partial charge < -0.3 is 10.1 Å². The smallest absolute Gasteiger partial charge is 0.407 e. The maximum atomic E-state index is 11.7. The zero-order chi connectivity index (χ0) is 13.6. The van der Waals surface area contributed by atoms with Crippen LogP contribution < -0.4 is 5.32 Å². The lowest BCUT2D eigenvalue weighted by atomic mass is 9.85. The number of carbonyl (C=O) groups is 1. The molecular weight excluding hydrogens is 226 g/mol. The molecule has 1 rings (SSSR count). The molecule has 1 N–H and O–H groups in total. The molecule has 0 heterocycles. The van der Waals surface area contributed by atoms with E-state index in [4.69, 9.17) is 4.74 Å². The van der Waals surface area contributed by atoms with Crippen LogP contribution in [0, 0.1) is 5.41 Å². The first-order chi connectivity index (χ1) is 8.43. The first-order valence-electron chi connectivity index (χ1n) is 6.40. The van der Waals surface area contributed by atoms with Crippen LogP contribution in [0.25, 0.3) is 0 Å². The second kappa shape index (κ2) is 6.43. The summed E-state index contributed by atoms with van der Waals surface area (Å²) in [5, 5.41) is 2.92. The van der Waals surface area contributed by atoms with Crippen molar-refractivity contribution >= 4 is 6.09 Å². The molecule has 0 aromatic heterocycles. The lowest BCUT2D eigenvalue weighted by Crippen LogP contribution is -2.43. The fourth-order valence-corrected chi connectivity index (χ4v) is 1.84. The van der Waals surface area contributed by atoms with Crippen LogP contribution >= 0.6 is 0 Å². The van der Waals surface area contributed by atoms with E-state index < -0.39 is 0 Å². The van der Waals surface area contributed by atoms with Crippen LogP contribution in [-0.4, -0.2) is 12.1 Å². The summed E-state index contributed by atoms with van der Waals surface area (Å²) in [7, 11) is 0. The van der Waals surface area contributed by atoms with Gasteiger partial charge in [0.05, 0.1) is 0 Å². The first-order valence-corrected chi connectivity index (χ1v) is 6.40. The van der Waals surface area contributed by atoms with E-state index in [0.29, 0.717) is 6.61 Å². The number of alkyl carbamates (subject to hydrolysis) is 1. The zero-order valence-corrected chi connectivity index (χ0v) is 11.7. The molecule has 0 saturated carbocycles. The maximum absolute atomic E-state index is 11.7. The van der Waals surface area contributed by atoms with Crippen molar-refractivity contribution in [3.05, 3.63) is 35.9 Å². The Morgan fingerprint density at radius 2 is 1.89 bits per heavy atom. The lowest BCUT2D eigenvalue weighted by molar-refractivity contribution is 0.125. The average Bonchev–Trinajstić information content (AvgIpc) is 2.33. The van der Waals surface area contributed by atoms with E-state index in [-0.39, 0.29) is 17.6 Å². The minimum Gasteiger partial charge on any atom is -0.445 e. The number of hydrogen-bond donors (Lipinski definition) is 1. The molecule has 0 aliphatic carbocycles. The molecule has 0 spiro atoms. The van der Waals surface area contributed by atoms with Gasteiger partial charge in [0.1, 0.15) is 6.61 Å². The van der Waals surface area contributed by atoms with E-state index >= 15 is 0 Å². The molecule has 0 saturated heterocycles. The summed E-state index contributed by atoms with van der Waals surface area (Å²) in [5.41, 5.74) is 1.04. The highest BCUT2D eigenvalue weighted by Crippen LogP contribution is 2.21. The van der Waals surface area contributed by atoms with E-state index in [0.717, 1.165) is 12.0 Å². The minimum absolute atomic E-state index is 0.0422. The Hall–Kier alpha value is -1.51. The van der Waals surface area contributed by atoms with Crippen molar-refractivity contribution in [2.24, 2.45) is 5.41 Å². The third kappa shape index (κ3) is 4.78. The van der Waals surface area contributed by atoms with Crippen LogP contribution in [0.3, 0.4) is 0 Å². The van der Waals surface area contributed by atoms with Gasteiger partial charge in [-0.1, -0.05) is 58.0 Å². The van der Waals surface area contributed by atoms with Crippen molar-refractivity contribution in [1.82, 2.24) is 5.32 Å². The third-order valence-corrected chi connectivity index (χ3v) is 2.96. The van der Waals surface area contributed by atoms with Gasteiger partial charge in [0.25, 0.3) is 0 Å². The molecule has 18 heavy (non-hydrogen) atoms. The Morgan fingerprint density at radius 3 is 2.39 bits per heavy atom. The fraction of sp³-hybridized carbons (Fsp3) is 0.533. The van der Waals surface area contributed by atoms with Crippen LogP contribution in [-0.2, 0) is 11.3 Å². The van der Waals surface area contributed by atoms with E-state index in [1.54, 1.807) is 0 Å². The molecule has 1 aromatic carbocycles. The molecule has 0 bridgehead atoms. The van der Waals surface area contributed by atoms with Gasteiger partial charge in [0.15, 0.2) is 0 Å². The van der Waals surface area contributed by atoms with Crippen LogP contribution in [0.15, 0.2) is 30.3 Å². The van der Waals surface area contributed by atoms with Crippen LogP contribution in [0.1, 0.15) is 39.7 Å². The molecule has 0 radical (unpaired) electrons. The zero-order valence-electron chi connectivity index (χ0n) is 11.7. The minimum atomic E-state index is -0.347. The van der Waals surface area contributed by atoms with Gasteiger partial charge in [0, 0.05) is 6.04 Å². The van der Waals surface area contributed by atoms with Crippen molar-refractivity contribution in [3.63, 3.8) is 0 Å². The lowest BCUT2D eigenvalue weighted by Gasteiger charge is -2.30. The SMILES string of the molecule is CCC(NC(=O)OCc1ccccc1)C(C)(C)C. The maximum Gasteiger partial charge on any atom is 0.407 e. The number of amides is 1. The second-order valence-electron chi connectivity index (χ2n) is 5.53. The van der Waals surface area contributed by atoms with Crippen LogP contribution in [0.4, 0.5) is 4.79 Å². The van der Waals surface area contributed by atoms with Crippen molar-refractivity contribution in [3.8, 4) is 0 Å². The second-order valence-corrected chi connectivity index (χ2v) is 5.53. The number of hydrogen-bond acceptors (Lipinski definition) is 2. The summed E-state index contributed by atoms with van der Waals surface area (Å²) in [4.78, 5) is 11.7. The summed E-state index contributed by atoms with van der Waals surface area (Å²) in [5.74, 6) is 0. The molecule has 3 heteroatoms. The molecule has 0 fully saturated rings. The van der Waals surface area contributed by atoms with Crippen molar-refractivity contribution in [2.75, 3.05) is 0 Å². The molecule has 1 amide bonds. The predicted octanol–water partition coefficient (Wildman–Crippen LogP) is 3.74. The van der Waals surface area contributed by atoms with Crippen LogP contribution in [0.5, 0.6) is 0 Å². The van der Waals surface area contributed by atoms with Gasteiger partial charge in [-0.25, -0.2) is 4.79 Å². The Morgan fingerprint density at radius 1 is 1.28 bits per heavy atom. The molecule has 3 nitrogen and oxygen atoms in total. The van der Waals surface area contributed by atoms with E-state index in [1.807, 2.05) is 30.3 Å². The predicted molar refractivity (Wildman–Crippen MR) is 73.3 cm³/mol. The highest BCUT2D eigenvalue weighted by Gasteiger charge is 2.24. The highest BCUT2D eigenvalue weighted by atomic mass is 16.5. The van der Waals surface area contributed by atoms with Gasteiger partial charge in [-0.3, -0.25) is 0 Å². The molecule has 0 aliphatic rings. The highest BCUT2D eigenvalue weighted by molar-refractivity contribution is 5.67. The summed E-state index contributed by atoms with van der Waals surface area (Å²) in [6, 6.07) is 9.81. The standard InChI is InChI=1S/C15H23NO2/c1-5-13(15(2,3)4)16-14(17)18-11-12-9-7-6-8-10-12/h6-10,13H,5,11H2,1-4H3,(H,16,17). The number of rotatable bonds is 4. The quantitative estimate of drug-likeness (QED) is 0.882. The number of benzene rings is 1. The normalized spacial score (nSPS) is 12.9. The summed E-state index contributed by atoms with van der Waals surface area (Å²) in [6.45, 7) is 8.70.